The lowest BCUT2D eigenvalue weighted by Gasteiger charge is -2.10. The average molecular weight is 429 g/mol. The minimum atomic E-state index is -0.282. The van der Waals surface area contributed by atoms with E-state index in [2.05, 4.69) is 15.5 Å². The summed E-state index contributed by atoms with van der Waals surface area (Å²) in [5.74, 6) is 1.76. The Hall–Kier alpha value is -4.13. The van der Waals surface area contributed by atoms with Crippen molar-refractivity contribution >= 4 is 11.6 Å². The van der Waals surface area contributed by atoms with Crippen molar-refractivity contribution in [3.8, 4) is 34.3 Å². The zero-order valence-electron chi connectivity index (χ0n) is 17.9. The van der Waals surface area contributed by atoms with E-state index in [0.717, 1.165) is 16.9 Å². The highest BCUT2D eigenvalue weighted by molar-refractivity contribution is 5.92. The molecule has 1 heterocycles. The first kappa shape index (κ1) is 21.1. The van der Waals surface area contributed by atoms with Crippen LogP contribution in [0.15, 0.2) is 77.3 Å². The molecule has 3 aromatic carbocycles. The van der Waals surface area contributed by atoms with Crippen molar-refractivity contribution in [3.63, 3.8) is 0 Å². The molecule has 0 saturated heterocycles. The smallest absolute Gasteiger partial charge is 0.262 e. The zero-order valence-corrected chi connectivity index (χ0v) is 17.9. The van der Waals surface area contributed by atoms with Crippen LogP contribution in [0.4, 0.5) is 5.69 Å². The number of rotatable bonds is 8. The van der Waals surface area contributed by atoms with E-state index in [0.29, 0.717) is 35.3 Å². The van der Waals surface area contributed by atoms with Gasteiger partial charge in [0.25, 0.3) is 11.8 Å². The Balaban J connectivity index is 1.43. The number of anilines is 1. The predicted molar refractivity (Wildman–Crippen MR) is 122 cm³/mol. The van der Waals surface area contributed by atoms with Crippen LogP contribution in [-0.2, 0) is 4.79 Å². The van der Waals surface area contributed by atoms with Gasteiger partial charge in [-0.15, -0.1) is 0 Å². The van der Waals surface area contributed by atoms with E-state index in [1.807, 2.05) is 56.3 Å². The van der Waals surface area contributed by atoms with Crippen LogP contribution in [-0.4, -0.2) is 29.3 Å². The first-order chi connectivity index (χ1) is 15.6. The second kappa shape index (κ2) is 9.78. The largest absolute Gasteiger partial charge is 0.494 e. The molecule has 0 fully saturated rings. The summed E-state index contributed by atoms with van der Waals surface area (Å²) in [7, 11) is 0. The first-order valence-electron chi connectivity index (χ1n) is 10.3. The number of nitrogens with zero attached hydrogens (tertiary/aromatic N) is 2. The van der Waals surface area contributed by atoms with Crippen molar-refractivity contribution in [1.29, 1.82) is 0 Å². The molecular formula is C25H23N3O4. The standard InChI is InChI=1S/C25H23N3O4/c1-3-30-20-13-11-19(12-14-20)26-23(29)16-31-22-10-5-4-9-21(22)25-27-24(28-32-25)18-8-6-7-17(2)15-18/h4-15H,3,16H2,1-2H3,(H,26,29). The van der Waals surface area contributed by atoms with Crippen LogP contribution in [0.1, 0.15) is 12.5 Å². The molecule has 4 aromatic rings. The third-order valence-electron chi connectivity index (χ3n) is 4.63. The Labute approximate surface area is 186 Å². The van der Waals surface area contributed by atoms with Gasteiger partial charge in [0.15, 0.2) is 6.61 Å². The molecule has 0 unspecified atom stereocenters. The van der Waals surface area contributed by atoms with Gasteiger partial charge in [-0.2, -0.15) is 4.98 Å². The lowest BCUT2D eigenvalue weighted by molar-refractivity contribution is -0.118. The van der Waals surface area contributed by atoms with Crippen molar-refractivity contribution in [2.75, 3.05) is 18.5 Å². The number of hydrogen-bond donors (Lipinski definition) is 1. The molecule has 0 bridgehead atoms. The lowest BCUT2D eigenvalue weighted by Crippen LogP contribution is -2.20. The molecule has 32 heavy (non-hydrogen) atoms. The fourth-order valence-corrected chi connectivity index (χ4v) is 3.15. The minimum Gasteiger partial charge on any atom is -0.494 e. The number of nitrogens with one attached hydrogen (secondary N) is 1. The van der Waals surface area contributed by atoms with Gasteiger partial charge in [-0.1, -0.05) is 41.1 Å². The highest BCUT2D eigenvalue weighted by atomic mass is 16.5. The zero-order chi connectivity index (χ0) is 22.3. The molecule has 1 N–H and O–H groups in total. The highest BCUT2D eigenvalue weighted by Gasteiger charge is 2.16. The maximum absolute atomic E-state index is 12.3. The van der Waals surface area contributed by atoms with Gasteiger partial charge in [0.05, 0.1) is 12.2 Å². The fraction of sp³-hybridized carbons (Fsp3) is 0.160. The Morgan fingerprint density at radius 2 is 1.81 bits per heavy atom. The van der Waals surface area contributed by atoms with E-state index in [1.54, 1.807) is 30.3 Å². The normalized spacial score (nSPS) is 10.6. The highest BCUT2D eigenvalue weighted by Crippen LogP contribution is 2.30. The van der Waals surface area contributed by atoms with Crippen molar-refractivity contribution in [3.05, 3.63) is 78.4 Å². The second-order valence-electron chi connectivity index (χ2n) is 7.08. The summed E-state index contributed by atoms with van der Waals surface area (Å²) in [6, 6.07) is 22.3. The summed E-state index contributed by atoms with van der Waals surface area (Å²) in [4.78, 5) is 16.8. The topological polar surface area (TPSA) is 86.5 Å². The maximum Gasteiger partial charge on any atom is 0.262 e. The number of aryl methyl sites for hydroxylation is 1. The molecule has 0 aliphatic carbocycles. The van der Waals surface area contributed by atoms with Crippen LogP contribution >= 0.6 is 0 Å². The predicted octanol–water partition coefficient (Wildman–Crippen LogP) is 5.13. The van der Waals surface area contributed by atoms with Gasteiger partial charge < -0.3 is 19.3 Å². The number of aromatic nitrogens is 2. The van der Waals surface area contributed by atoms with Crippen molar-refractivity contribution < 1.29 is 18.8 Å². The summed E-state index contributed by atoms with van der Waals surface area (Å²) in [5, 5.41) is 6.89. The summed E-state index contributed by atoms with van der Waals surface area (Å²) in [5.41, 5.74) is 3.26. The summed E-state index contributed by atoms with van der Waals surface area (Å²) in [6.45, 7) is 4.35. The number of amides is 1. The van der Waals surface area contributed by atoms with E-state index >= 15 is 0 Å². The van der Waals surface area contributed by atoms with Crippen LogP contribution in [0.2, 0.25) is 0 Å². The average Bonchev–Trinajstić information content (AvgIpc) is 3.30. The Bertz CT molecular complexity index is 1200. The van der Waals surface area contributed by atoms with Crippen LogP contribution in [0.3, 0.4) is 0 Å². The Morgan fingerprint density at radius 1 is 1.00 bits per heavy atom. The lowest BCUT2D eigenvalue weighted by atomic mass is 10.1. The monoisotopic (exact) mass is 429 g/mol. The van der Waals surface area contributed by atoms with Crippen molar-refractivity contribution in [1.82, 2.24) is 10.1 Å². The fourth-order valence-electron chi connectivity index (χ4n) is 3.15. The van der Waals surface area contributed by atoms with Gasteiger partial charge in [0.1, 0.15) is 11.5 Å². The van der Waals surface area contributed by atoms with E-state index < -0.39 is 0 Å². The molecule has 1 amide bonds. The molecule has 7 heteroatoms. The van der Waals surface area contributed by atoms with Gasteiger partial charge in [-0.05, 0) is 56.3 Å². The van der Waals surface area contributed by atoms with Crippen LogP contribution in [0.5, 0.6) is 11.5 Å². The SMILES string of the molecule is CCOc1ccc(NC(=O)COc2ccccc2-c2nc(-c3cccc(C)c3)no2)cc1. The van der Waals surface area contributed by atoms with Gasteiger partial charge in [-0.25, -0.2) is 0 Å². The second-order valence-corrected chi connectivity index (χ2v) is 7.08. The number of carbonyl (C=O) groups excluding carboxylic acids is 1. The number of hydrogen-bond acceptors (Lipinski definition) is 6. The summed E-state index contributed by atoms with van der Waals surface area (Å²) in [6.07, 6.45) is 0. The van der Waals surface area contributed by atoms with E-state index in [9.17, 15) is 4.79 Å². The van der Waals surface area contributed by atoms with Gasteiger partial charge >= 0.3 is 0 Å². The number of para-hydroxylation sites is 1. The number of ether oxygens (including phenoxy) is 2. The minimum absolute atomic E-state index is 0.164. The molecule has 4 rings (SSSR count). The maximum atomic E-state index is 12.3. The summed E-state index contributed by atoms with van der Waals surface area (Å²) >= 11 is 0. The van der Waals surface area contributed by atoms with E-state index in [-0.39, 0.29) is 12.5 Å². The van der Waals surface area contributed by atoms with Crippen molar-refractivity contribution in [2.45, 2.75) is 13.8 Å². The molecule has 0 radical (unpaired) electrons. The van der Waals surface area contributed by atoms with Crippen LogP contribution in [0.25, 0.3) is 22.8 Å². The van der Waals surface area contributed by atoms with Gasteiger partial charge in [0, 0.05) is 11.3 Å². The van der Waals surface area contributed by atoms with E-state index in [1.165, 1.54) is 0 Å². The molecule has 0 atom stereocenters. The molecule has 7 nitrogen and oxygen atoms in total. The number of carbonyl (C=O) groups is 1. The molecule has 162 valence electrons. The van der Waals surface area contributed by atoms with E-state index in [4.69, 9.17) is 14.0 Å². The Morgan fingerprint density at radius 3 is 2.59 bits per heavy atom. The van der Waals surface area contributed by atoms with Crippen molar-refractivity contribution in [2.24, 2.45) is 0 Å². The number of benzene rings is 3. The first-order valence-corrected chi connectivity index (χ1v) is 10.3. The molecular weight excluding hydrogens is 406 g/mol. The van der Waals surface area contributed by atoms with Gasteiger partial charge in [-0.3, -0.25) is 4.79 Å². The molecule has 0 aliphatic rings. The third-order valence-corrected chi connectivity index (χ3v) is 4.63. The Kier molecular flexibility index (Phi) is 6.46. The van der Waals surface area contributed by atoms with Gasteiger partial charge in [0.2, 0.25) is 5.82 Å². The molecule has 0 aliphatic heterocycles. The molecule has 0 spiro atoms. The van der Waals surface area contributed by atoms with Crippen LogP contribution in [0, 0.1) is 6.92 Å². The molecule has 0 saturated carbocycles. The molecule has 1 aromatic heterocycles. The quantitative estimate of drug-likeness (QED) is 0.418. The summed E-state index contributed by atoms with van der Waals surface area (Å²) < 4.78 is 16.6. The van der Waals surface area contributed by atoms with Crippen LogP contribution < -0.4 is 14.8 Å². The third kappa shape index (κ3) is 5.13.